The van der Waals surface area contributed by atoms with Gasteiger partial charge in [-0.3, -0.25) is 18.5 Å². The fraction of sp³-hybridized carbons (Fsp3) is 0.316. The second-order valence-electron chi connectivity index (χ2n) is 6.17. The molecule has 0 saturated carbocycles. The minimum Gasteiger partial charge on any atom is -0.460 e. The molecule has 0 atom stereocenters. The van der Waals surface area contributed by atoms with E-state index in [0.717, 1.165) is 15.7 Å². The van der Waals surface area contributed by atoms with Crippen LogP contribution in [-0.4, -0.2) is 25.3 Å². The highest BCUT2D eigenvalue weighted by Gasteiger charge is 2.20. The lowest BCUT2D eigenvalue weighted by Gasteiger charge is -2.11. The first-order valence-electron chi connectivity index (χ1n) is 8.40. The molecule has 0 spiro atoms. The van der Waals surface area contributed by atoms with Crippen molar-refractivity contribution in [3.8, 4) is 6.01 Å². The van der Waals surface area contributed by atoms with Crippen LogP contribution in [0.4, 0.5) is 0 Å². The Morgan fingerprint density at radius 2 is 1.88 bits per heavy atom. The molecule has 7 nitrogen and oxygen atoms in total. The molecule has 0 fully saturated rings. The predicted molar refractivity (Wildman–Crippen MR) is 101 cm³/mol. The summed E-state index contributed by atoms with van der Waals surface area (Å²) in [7, 11) is 3.07. The van der Waals surface area contributed by atoms with Gasteiger partial charge in [0, 0.05) is 14.1 Å². The van der Waals surface area contributed by atoms with Crippen molar-refractivity contribution in [1.82, 2.24) is 18.7 Å². The van der Waals surface area contributed by atoms with Crippen LogP contribution in [-0.2, 0) is 20.6 Å². The normalized spacial score (nSPS) is 11.5. The van der Waals surface area contributed by atoms with E-state index in [1.165, 1.54) is 11.6 Å². The molecule has 1 aromatic carbocycles. The summed E-state index contributed by atoms with van der Waals surface area (Å²) in [6.07, 6.45) is 3.73. The number of benzene rings is 1. The number of aryl methyl sites for hydroxylation is 2. The van der Waals surface area contributed by atoms with E-state index in [0.29, 0.717) is 30.3 Å². The summed E-state index contributed by atoms with van der Waals surface area (Å²) in [5.74, 6) is 0. The van der Waals surface area contributed by atoms with Crippen LogP contribution in [0.15, 0.2) is 46.0 Å². The zero-order valence-corrected chi connectivity index (χ0v) is 15.4. The Balaban J connectivity index is 2.26. The third-order valence-electron chi connectivity index (χ3n) is 4.45. The van der Waals surface area contributed by atoms with Gasteiger partial charge in [-0.2, -0.15) is 4.98 Å². The van der Waals surface area contributed by atoms with Crippen LogP contribution in [0.5, 0.6) is 6.01 Å². The van der Waals surface area contributed by atoms with E-state index >= 15 is 0 Å². The van der Waals surface area contributed by atoms with E-state index < -0.39 is 5.69 Å². The van der Waals surface area contributed by atoms with Crippen LogP contribution in [0.25, 0.3) is 11.2 Å². The van der Waals surface area contributed by atoms with E-state index in [4.69, 9.17) is 4.74 Å². The zero-order valence-electron chi connectivity index (χ0n) is 15.4. The third kappa shape index (κ3) is 2.96. The fourth-order valence-electron chi connectivity index (χ4n) is 2.86. The summed E-state index contributed by atoms with van der Waals surface area (Å²) >= 11 is 0. The van der Waals surface area contributed by atoms with Gasteiger partial charge in [0.25, 0.3) is 11.6 Å². The summed E-state index contributed by atoms with van der Waals surface area (Å²) in [6, 6.07) is 8.26. The molecule has 0 radical (unpaired) electrons. The van der Waals surface area contributed by atoms with Gasteiger partial charge < -0.3 is 4.74 Å². The van der Waals surface area contributed by atoms with Crippen LogP contribution in [0.1, 0.15) is 18.1 Å². The van der Waals surface area contributed by atoms with Gasteiger partial charge >= 0.3 is 5.69 Å². The Hall–Kier alpha value is -3.09. The highest BCUT2D eigenvalue weighted by molar-refractivity contribution is 5.72. The molecule has 26 heavy (non-hydrogen) atoms. The second-order valence-corrected chi connectivity index (χ2v) is 6.17. The van der Waals surface area contributed by atoms with E-state index in [1.807, 2.05) is 50.3 Å². The zero-order chi connectivity index (χ0) is 18.8. The summed E-state index contributed by atoms with van der Waals surface area (Å²) in [4.78, 5) is 29.4. The largest absolute Gasteiger partial charge is 0.460 e. The van der Waals surface area contributed by atoms with E-state index in [9.17, 15) is 9.59 Å². The highest BCUT2D eigenvalue weighted by Crippen LogP contribution is 2.21. The SMILES string of the molecule is CC=CCOc1nc2c(c(=O)n(C)c(=O)n2C)n1Cc1ccccc1C. The molecule has 7 heteroatoms. The first-order valence-corrected chi connectivity index (χ1v) is 8.40. The molecule has 0 bridgehead atoms. The van der Waals surface area contributed by atoms with Crippen molar-refractivity contribution in [2.75, 3.05) is 6.61 Å². The Bertz CT molecular complexity index is 1100. The first kappa shape index (κ1) is 17.7. The van der Waals surface area contributed by atoms with Crippen LogP contribution in [0, 0.1) is 6.92 Å². The lowest BCUT2D eigenvalue weighted by atomic mass is 10.1. The quantitative estimate of drug-likeness (QED) is 0.655. The molecule has 0 aliphatic carbocycles. The number of hydrogen-bond acceptors (Lipinski definition) is 4. The van der Waals surface area contributed by atoms with Crippen LogP contribution in [0.3, 0.4) is 0 Å². The Morgan fingerprint density at radius 1 is 1.15 bits per heavy atom. The number of allylic oxidation sites excluding steroid dienone is 1. The van der Waals surface area contributed by atoms with Crippen molar-refractivity contribution in [1.29, 1.82) is 0 Å². The lowest BCUT2D eigenvalue weighted by molar-refractivity contribution is 0.320. The molecule has 0 aliphatic heterocycles. The molecule has 136 valence electrons. The van der Waals surface area contributed by atoms with Crippen LogP contribution >= 0.6 is 0 Å². The number of ether oxygens (including phenoxy) is 1. The molecule has 0 saturated heterocycles. The number of fused-ring (bicyclic) bond motifs is 1. The maximum atomic E-state index is 12.8. The van der Waals surface area contributed by atoms with Crippen molar-refractivity contribution in [2.24, 2.45) is 14.1 Å². The van der Waals surface area contributed by atoms with Gasteiger partial charge in [-0.1, -0.05) is 36.4 Å². The average Bonchev–Trinajstić information content (AvgIpc) is 2.99. The van der Waals surface area contributed by atoms with Gasteiger partial charge in [-0.05, 0) is 25.0 Å². The van der Waals surface area contributed by atoms with Crippen molar-refractivity contribution in [2.45, 2.75) is 20.4 Å². The van der Waals surface area contributed by atoms with Crippen molar-refractivity contribution in [3.63, 3.8) is 0 Å². The third-order valence-corrected chi connectivity index (χ3v) is 4.45. The summed E-state index contributed by atoms with van der Waals surface area (Å²) < 4.78 is 9.96. The second kappa shape index (κ2) is 7.03. The summed E-state index contributed by atoms with van der Waals surface area (Å²) in [6.45, 7) is 4.69. The van der Waals surface area contributed by atoms with Crippen molar-refractivity contribution >= 4 is 11.2 Å². The Labute approximate surface area is 150 Å². The summed E-state index contributed by atoms with van der Waals surface area (Å²) in [5, 5.41) is 0. The maximum absolute atomic E-state index is 12.8. The summed E-state index contributed by atoms with van der Waals surface area (Å²) in [5.41, 5.74) is 2.04. The van der Waals surface area contributed by atoms with Gasteiger partial charge in [0.1, 0.15) is 6.61 Å². The highest BCUT2D eigenvalue weighted by atomic mass is 16.5. The van der Waals surface area contributed by atoms with E-state index in [-0.39, 0.29) is 5.56 Å². The monoisotopic (exact) mass is 354 g/mol. The van der Waals surface area contributed by atoms with Gasteiger partial charge in [0.2, 0.25) is 0 Å². The van der Waals surface area contributed by atoms with Gasteiger partial charge in [0.05, 0.1) is 6.54 Å². The molecular formula is C19H22N4O3. The number of rotatable bonds is 5. The maximum Gasteiger partial charge on any atom is 0.332 e. The first-order chi connectivity index (χ1) is 12.5. The minimum atomic E-state index is -0.414. The molecule has 2 heterocycles. The molecule has 0 aliphatic rings. The number of hydrogen-bond donors (Lipinski definition) is 0. The molecule has 2 aromatic heterocycles. The minimum absolute atomic E-state index is 0.319. The standard InChI is InChI=1S/C19H22N4O3/c1-5-6-11-26-18-20-16-15(17(24)22(4)19(25)21(16)3)23(18)12-14-10-8-7-9-13(14)2/h5-10H,11-12H2,1-4H3. The van der Waals surface area contributed by atoms with Crippen LogP contribution < -0.4 is 16.0 Å². The molecule has 3 rings (SSSR count). The van der Waals surface area contributed by atoms with Crippen molar-refractivity contribution in [3.05, 3.63) is 68.4 Å². The van der Waals surface area contributed by atoms with Gasteiger partial charge in [0.15, 0.2) is 11.2 Å². The molecule has 0 unspecified atom stereocenters. The number of aromatic nitrogens is 4. The fourth-order valence-corrected chi connectivity index (χ4v) is 2.86. The smallest absolute Gasteiger partial charge is 0.332 e. The molecule has 3 aromatic rings. The Kier molecular flexibility index (Phi) is 4.79. The number of nitrogens with zero attached hydrogens (tertiary/aromatic N) is 4. The van der Waals surface area contributed by atoms with E-state index in [2.05, 4.69) is 4.98 Å². The van der Waals surface area contributed by atoms with Crippen LogP contribution in [0.2, 0.25) is 0 Å². The van der Waals surface area contributed by atoms with Gasteiger partial charge in [-0.15, -0.1) is 0 Å². The van der Waals surface area contributed by atoms with E-state index in [1.54, 1.807) is 11.6 Å². The molecule has 0 N–H and O–H groups in total. The lowest BCUT2D eigenvalue weighted by Crippen LogP contribution is -2.37. The molecular weight excluding hydrogens is 332 g/mol. The number of imidazole rings is 1. The molecule has 0 amide bonds. The van der Waals surface area contributed by atoms with Gasteiger partial charge in [-0.25, -0.2) is 4.79 Å². The van der Waals surface area contributed by atoms with Crippen molar-refractivity contribution < 1.29 is 4.74 Å². The average molecular weight is 354 g/mol. The predicted octanol–water partition coefficient (Wildman–Crippen LogP) is 1.75. The topological polar surface area (TPSA) is 71.1 Å². The Morgan fingerprint density at radius 3 is 2.58 bits per heavy atom.